The van der Waals surface area contributed by atoms with Gasteiger partial charge in [-0.3, -0.25) is 33.6 Å². The van der Waals surface area contributed by atoms with E-state index < -0.39 is 78.6 Å². The van der Waals surface area contributed by atoms with Gasteiger partial charge >= 0.3 is 0 Å². The summed E-state index contributed by atoms with van der Waals surface area (Å²) in [6, 6.07) is 5.10. The van der Waals surface area contributed by atoms with Crippen LogP contribution in [-0.4, -0.2) is 107 Å². The summed E-state index contributed by atoms with van der Waals surface area (Å²) in [6.07, 6.45) is 3.56. The molecule has 5 aromatic rings. The fraction of sp³-hybridized carbons (Fsp3) is 0.349. The predicted molar refractivity (Wildman–Crippen MR) is 232 cm³/mol. The number of fused-ring (bicyclic) bond motifs is 4. The molecule has 326 valence electrons. The van der Waals surface area contributed by atoms with Crippen molar-refractivity contribution in [3.05, 3.63) is 93.3 Å². The van der Waals surface area contributed by atoms with Crippen LogP contribution in [0.1, 0.15) is 64.1 Å². The van der Waals surface area contributed by atoms with Crippen molar-refractivity contribution < 1.29 is 38.3 Å². The van der Waals surface area contributed by atoms with E-state index in [0.717, 1.165) is 49.3 Å². The van der Waals surface area contributed by atoms with Crippen LogP contribution in [0.25, 0.3) is 21.8 Å². The quantitative estimate of drug-likeness (QED) is 0.116. The van der Waals surface area contributed by atoms with Gasteiger partial charge in [-0.15, -0.1) is 11.3 Å². The molecule has 4 heterocycles. The largest absolute Gasteiger partial charge is 0.496 e. The predicted octanol–water partition coefficient (Wildman–Crippen LogP) is 2.09. The zero-order valence-corrected chi connectivity index (χ0v) is 36.1. The summed E-state index contributed by atoms with van der Waals surface area (Å²) >= 11 is 1.11. The number of para-hydroxylation sites is 1. The second-order valence-corrected chi connectivity index (χ2v) is 16.1. The Morgan fingerprint density at radius 1 is 0.823 bits per heavy atom. The van der Waals surface area contributed by atoms with E-state index in [-0.39, 0.29) is 30.7 Å². The highest BCUT2D eigenvalue weighted by atomic mass is 32.1. The highest BCUT2D eigenvalue weighted by Crippen LogP contribution is 2.32. The minimum Gasteiger partial charge on any atom is -0.496 e. The van der Waals surface area contributed by atoms with Crippen LogP contribution in [0.15, 0.2) is 60.4 Å². The SMILES string of the molecule is C=C1NC(=O)[C@@H](CC)NC(=O)CNC(=O)[C@H](Cc2c[nH]c3c(C)ccc(OC)c23)NC(=O)[C@H](Cc2c[nH]c3c(C)cccc23)NC(=O)c2csc(n2)[C@@H](C)NC(=O)CN(C)C1=O. The van der Waals surface area contributed by atoms with Crippen molar-refractivity contribution in [3.8, 4) is 5.75 Å². The van der Waals surface area contributed by atoms with Gasteiger partial charge in [0.25, 0.3) is 11.8 Å². The van der Waals surface area contributed by atoms with Crippen LogP contribution >= 0.6 is 11.3 Å². The lowest BCUT2D eigenvalue weighted by atomic mass is 10.00. The molecule has 6 rings (SSSR count). The van der Waals surface area contributed by atoms with Crippen molar-refractivity contribution >= 4 is 74.5 Å². The molecular formula is C43H50N10O8S. The number of aromatic amines is 2. The molecule has 19 heteroatoms. The standard InChI is InChI=1S/C43H50N10O8S/c1-8-28-39(57)48-24(5)43(60)53(6)19-34(55)47-23(4)42-52-31(20-62-42)41(59)51-30(14-25-16-44-36-21(2)10-9-11-27(25)36)40(58)50-29(38(56)46-18-33(54)49-28)15-26-17-45-37-22(3)12-13-32(61-7)35(26)37/h9-13,16-17,20,23,28-30,44-45H,5,8,14-15,18-19H2,1-4,6-7H3,(H,46,56)(H,47,55)(H,48,57)(H,49,54)(H,50,58)(H,51,59)/t23-,28-,29+,30+/m1/s1. The number of amides is 7. The molecule has 0 unspecified atom stereocenters. The van der Waals surface area contributed by atoms with Crippen LogP contribution in [0.5, 0.6) is 5.75 Å². The van der Waals surface area contributed by atoms with Gasteiger partial charge in [-0.1, -0.05) is 37.8 Å². The number of nitrogens with zero attached hydrogens (tertiary/aromatic N) is 2. The third kappa shape index (κ3) is 9.94. The first kappa shape index (κ1) is 44.5. The molecule has 7 amide bonds. The van der Waals surface area contributed by atoms with E-state index in [2.05, 4.69) is 53.4 Å². The summed E-state index contributed by atoms with van der Waals surface area (Å²) in [6.45, 7) is 9.83. The number of nitrogens with one attached hydrogen (secondary N) is 8. The lowest BCUT2D eigenvalue weighted by Crippen LogP contribution is -2.56. The van der Waals surface area contributed by atoms with Gasteiger partial charge in [-0.2, -0.15) is 0 Å². The van der Waals surface area contributed by atoms with Crippen molar-refractivity contribution in [1.82, 2.24) is 51.8 Å². The van der Waals surface area contributed by atoms with E-state index in [1.807, 2.05) is 38.1 Å². The molecule has 2 bridgehead atoms. The molecule has 18 nitrogen and oxygen atoms in total. The summed E-state index contributed by atoms with van der Waals surface area (Å²) in [5, 5.41) is 19.4. The number of thiazole rings is 1. The molecule has 2 aromatic carbocycles. The third-order valence-corrected chi connectivity index (χ3v) is 11.7. The number of benzene rings is 2. The number of ether oxygens (including phenoxy) is 1. The van der Waals surface area contributed by atoms with Gasteiger partial charge < -0.3 is 51.5 Å². The average Bonchev–Trinajstić information content (AvgIpc) is 4.01. The van der Waals surface area contributed by atoms with E-state index >= 15 is 0 Å². The number of carbonyl (C=O) groups is 7. The second kappa shape index (κ2) is 19.1. The maximum absolute atomic E-state index is 14.6. The van der Waals surface area contributed by atoms with Gasteiger partial charge in [-0.25, -0.2) is 4.98 Å². The number of aromatic nitrogens is 3. The number of hydrogen-bond donors (Lipinski definition) is 8. The maximum Gasteiger partial charge on any atom is 0.271 e. The highest BCUT2D eigenvalue weighted by Gasteiger charge is 2.31. The zero-order valence-electron chi connectivity index (χ0n) is 35.2. The van der Waals surface area contributed by atoms with Crippen LogP contribution in [-0.2, 0) is 41.6 Å². The van der Waals surface area contributed by atoms with Crippen LogP contribution in [0.4, 0.5) is 0 Å². The average molecular weight is 867 g/mol. The summed E-state index contributed by atoms with van der Waals surface area (Å²) in [7, 11) is 2.88. The first-order valence-electron chi connectivity index (χ1n) is 20.0. The summed E-state index contributed by atoms with van der Waals surface area (Å²) in [5.41, 5.74) is 4.54. The third-order valence-electron chi connectivity index (χ3n) is 10.7. The molecule has 1 aliphatic rings. The minimum atomic E-state index is -1.29. The molecule has 1 aliphatic heterocycles. The van der Waals surface area contributed by atoms with Gasteiger partial charge in [-0.05, 0) is 55.5 Å². The Bertz CT molecular complexity index is 2580. The number of likely N-dealkylation sites (N-methyl/N-ethyl adjacent to an activating group) is 1. The monoisotopic (exact) mass is 866 g/mol. The van der Waals surface area contributed by atoms with Crippen molar-refractivity contribution in [2.45, 2.75) is 71.1 Å². The van der Waals surface area contributed by atoms with Crippen molar-refractivity contribution in [2.75, 3.05) is 27.2 Å². The number of hydrogen-bond acceptors (Lipinski definition) is 10. The molecule has 0 radical (unpaired) electrons. The maximum atomic E-state index is 14.6. The van der Waals surface area contributed by atoms with Gasteiger partial charge in [0, 0.05) is 54.0 Å². The Labute approximate surface area is 361 Å². The van der Waals surface area contributed by atoms with Gasteiger partial charge in [0.1, 0.15) is 34.6 Å². The first-order chi connectivity index (χ1) is 29.6. The topological polar surface area (TPSA) is 249 Å². The van der Waals surface area contributed by atoms with Gasteiger partial charge in [0.2, 0.25) is 29.5 Å². The van der Waals surface area contributed by atoms with E-state index in [1.54, 1.807) is 32.3 Å². The lowest BCUT2D eigenvalue weighted by Gasteiger charge is -2.24. The zero-order chi connectivity index (χ0) is 44.8. The van der Waals surface area contributed by atoms with Gasteiger partial charge in [0.15, 0.2) is 0 Å². The highest BCUT2D eigenvalue weighted by molar-refractivity contribution is 7.09. The van der Waals surface area contributed by atoms with Crippen molar-refractivity contribution in [3.63, 3.8) is 0 Å². The Balaban J connectivity index is 1.37. The molecule has 4 atom stereocenters. The fourth-order valence-electron chi connectivity index (χ4n) is 7.29. The number of methoxy groups -OCH3 is 1. The Kier molecular flexibility index (Phi) is 13.7. The number of aryl methyl sites for hydroxylation is 2. The second-order valence-electron chi connectivity index (χ2n) is 15.2. The van der Waals surface area contributed by atoms with E-state index in [0.29, 0.717) is 21.7 Å². The molecule has 3 aromatic heterocycles. The molecule has 0 aliphatic carbocycles. The summed E-state index contributed by atoms with van der Waals surface area (Å²) in [4.78, 5) is 107. The van der Waals surface area contributed by atoms with Gasteiger partial charge in [0.05, 0.1) is 37.5 Å². The van der Waals surface area contributed by atoms with Crippen molar-refractivity contribution in [1.29, 1.82) is 0 Å². The smallest absolute Gasteiger partial charge is 0.271 e. The van der Waals surface area contributed by atoms with Crippen LogP contribution in [0, 0.1) is 13.8 Å². The molecular weight excluding hydrogens is 817 g/mol. The summed E-state index contributed by atoms with van der Waals surface area (Å²) in [5.74, 6) is -4.33. The molecule has 0 saturated heterocycles. The van der Waals surface area contributed by atoms with E-state index in [9.17, 15) is 33.6 Å². The minimum absolute atomic E-state index is 0.0143. The lowest BCUT2D eigenvalue weighted by molar-refractivity contribution is -0.134. The molecule has 0 fully saturated rings. The number of rotatable bonds is 6. The first-order valence-corrected chi connectivity index (χ1v) is 20.8. The Morgan fingerprint density at radius 2 is 1.52 bits per heavy atom. The molecule has 62 heavy (non-hydrogen) atoms. The Morgan fingerprint density at radius 3 is 2.26 bits per heavy atom. The van der Waals surface area contributed by atoms with Crippen LogP contribution < -0.4 is 36.6 Å². The van der Waals surface area contributed by atoms with Crippen LogP contribution in [0.3, 0.4) is 0 Å². The number of carbonyl (C=O) groups excluding carboxylic acids is 7. The number of H-pyrrole nitrogens is 2. The molecule has 8 N–H and O–H groups in total. The van der Waals surface area contributed by atoms with Crippen molar-refractivity contribution in [2.24, 2.45) is 0 Å². The fourth-order valence-corrected chi connectivity index (χ4v) is 8.09. The Hall–Kier alpha value is -7.02. The molecule has 0 saturated carbocycles. The summed E-state index contributed by atoms with van der Waals surface area (Å²) < 4.78 is 5.66. The van der Waals surface area contributed by atoms with Crippen LogP contribution in [0.2, 0.25) is 0 Å². The normalized spacial score (nSPS) is 20.5. The molecule has 0 spiro atoms. The van der Waals surface area contributed by atoms with E-state index in [1.165, 1.54) is 19.5 Å². The van der Waals surface area contributed by atoms with E-state index in [4.69, 9.17) is 4.74 Å².